The predicted octanol–water partition coefficient (Wildman–Crippen LogP) is 2.57. The van der Waals surface area contributed by atoms with Gasteiger partial charge in [0.15, 0.2) is 0 Å². The van der Waals surface area contributed by atoms with E-state index in [1.54, 1.807) is 0 Å². The quantitative estimate of drug-likeness (QED) is 0.584. The third-order valence-corrected chi connectivity index (χ3v) is 2.90. The number of rotatable bonds is 3. The van der Waals surface area contributed by atoms with Gasteiger partial charge in [-0.2, -0.15) is 4.39 Å². The minimum atomic E-state index is -0.765. The lowest BCUT2D eigenvalue weighted by Crippen LogP contribution is -2.13. The van der Waals surface area contributed by atoms with Crippen LogP contribution in [0, 0.1) is 11.9 Å². The number of carbonyl (C=O) groups is 1. The normalized spacial score (nSPS) is 16.3. The second kappa shape index (κ2) is 5.05. The van der Waals surface area contributed by atoms with Gasteiger partial charge in [-0.05, 0) is 30.9 Å². The van der Waals surface area contributed by atoms with Gasteiger partial charge in [-0.25, -0.2) is 9.78 Å². The molecule has 1 aliphatic carbocycles. The molecule has 1 aliphatic rings. The minimum absolute atomic E-state index is 0.0829. The fraction of sp³-hybridized carbons (Fsp3) is 0.500. The maximum Gasteiger partial charge on any atom is 0.342 e. The van der Waals surface area contributed by atoms with E-state index >= 15 is 0 Å². The molecule has 1 heterocycles. The first-order chi connectivity index (χ1) is 7.77. The van der Waals surface area contributed by atoms with E-state index < -0.39 is 11.9 Å². The first kappa shape index (κ1) is 11.0. The predicted molar refractivity (Wildman–Crippen MR) is 56.4 cm³/mol. The molecule has 86 valence electrons. The first-order valence-corrected chi connectivity index (χ1v) is 5.55. The summed E-state index contributed by atoms with van der Waals surface area (Å²) in [5.74, 6) is -0.930. The fourth-order valence-electron chi connectivity index (χ4n) is 1.99. The van der Waals surface area contributed by atoms with Crippen molar-refractivity contribution < 1.29 is 13.9 Å². The highest BCUT2D eigenvalue weighted by molar-refractivity contribution is 5.89. The number of hydrogen-bond donors (Lipinski definition) is 0. The lowest BCUT2D eigenvalue weighted by Gasteiger charge is -2.09. The molecule has 1 aromatic heterocycles. The molecule has 1 fully saturated rings. The smallest absolute Gasteiger partial charge is 0.342 e. The number of ether oxygens (including phenoxy) is 1. The number of aromatic nitrogens is 1. The summed E-state index contributed by atoms with van der Waals surface area (Å²) < 4.78 is 18.2. The van der Waals surface area contributed by atoms with Crippen LogP contribution in [0.2, 0.25) is 0 Å². The summed E-state index contributed by atoms with van der Waals surface area (Å²) in [6, 6.07) is 2.91. The maximum atomic E-state index is 13.1. The summed E-state index contributed by atoms with van der Waals surface area (Å²) >= 11 is 0. The summed E-state index contributed by atoms with van der Waals surface area (Å²) in [6.45, 7) is 0.396. The van der Waals surface area contributed by atoms with E-state index in [2.05, 4.69) is 4.98 Å². The summed E-state index contributed by atoms with van der Waals surface area (Å²) in [5.41, 5.74) is -0.0829. The van der Waals surface area contributed by atoms with Crippen molar-refractivity contribution in [2.24, 2.45) is 5.92 Å². The molecular formula is C12H14FNO2. The zero-order chi connectivity index (χ0) is 11.4. The van der Waals surface area contributed by atoms with E-state index in [1.165, 1.54) is 31.2 Å². The standard InChI is InChI=1S/C12H14FNO2/c13-11-10(6-3-7-14-11)12(15)16-8-9-4-1-2-5-9/h3,6-7,9H,1-2,4-5,8H2. The van der Waals surface area contributed by atoms with Gasteiger partial charge in [0.1, 0.15) is 5.56 Å². The summed E-state index contributed by atoms with van der Waals surface area (Å²) in [5, 5.41) is 0. The third-order valence-electron chi connectivity index (χ3n) is 2.90. The lowest BCUT2D eigenvalue weighted by molar-refractivity contribution is 0.0436. The van der Waals surface area contributed by atoms with Gasteiger partial charge in [0.25, 0.3) is 0 Å². The summed E-state index contributed by atoms with van der Waals surface area (Å²) in [6.07, 6.45) is 5.90. The van der Waals surface area contributed by atoms with Crippen LogP contribution in [0.5, 0.6) is 0 Å². The molecule has 0 radical (unpaired) electrons. The monoisotopic (exact) mass is 223 g/mol. The second-order valence-corrected chi connectivity index (χ2v) is 4.09. The maximum absolute atomic E-state index is 13.1. The zero-order valence-electron chi connectivity index (χ0n) is 8.99. The molecule has 2 rings (SSSR count). The second-order valence-electron chi connectivity index (χ2n) is 4.09. The molecule has 0 unspecified atom stereocenters. The fourth-order valence-corrected chi connectivity index (χ4v) is 1.99. The average molecular weight is 223 g/mol. The molecule has 0 bridgehead atoms. The van der Waals surface area contributed by atoms with Crippen LogP contribution in [0.15, 0.2) is 18.3 Å². The average Bonchev–Trinajstić information content (AvgIpc) is 2.79. The van der Waals surface area contributed by atoms with Crippen LogP contribution in [0.25, 0.3) is 0 Å². The number of hydrogen-bond acceptors (Lipinski definition) is 3. The third kappa shape index (κ3) is 2.56. The number of nitrogens with zero attached hydrogens (tertiary/aromatic N) is 1. The Morgan fingerprint density at radius 1 is 1.50 bits per heavy atom. The van der Waals surface area contributed by atoms with Crippen molar-refractivity contribution in [2.75, 3.05) is 6.61 Å². The zero-order valence-corrected chi connectivity index (χ0v) is 8.99. The van der Waals surface area contributed by atoms with Crippen molar-refractivity contribution in [2.45, 2.75) is 25.7 Å². The van der Waals surface area contributed by atoms with Gasteiger partial charge in [0.05, 0.1) is 6.61 Å². The van der Waals surface area contributed by atoms with Gasteiger partial charge in [-0.15, -0.1) is 0 Å². The van der Waals surface area contributed by atoms with E-state index in [-0.39, 0.29) is 5.56 Å². The molecule has 16 heavy (non-hydrogen) atoms. The lowest BCUT2D eigenvalue weighted by atomic mass is 10.1. The molecule has 0 N–H and O–H groups in total. The van der Waals surface area contributed by atoms with E-state index in [0.717, 1.165) is 12.8 Å². The topological polar surface area (TPSA) is 39.2 Å². The Hall–Kier alpha value is -1.45. The Labute approximate surface area is 93.6 Å². The van der Waals surface area contributed by atoms with Crippen molar-refractivity contribution in [3.05, 3.63) is 29.8 Å². The van der Waals surface area contributed by atoms with E-state index in [0.29, 0.717) is 12.5 Å². The van der Waals surface area contributed by atoms with Gasteiger partial charge in [0, 0.05) is 6.20 Å². The van der Waals surface area contributed by atoms with Crippen LogP contribution >= 0.6 is 0 Å². The Balaban J connectivity index is 1.90. The molecular weight excluding hydrogens is 209 g/mol. The molecule has 3 nitrogen and oxygen atoms in total. The highest BCUT2D eigenvalue weighted by Crippen LogP contribution is 2.25. The van der Waals surface area contributed by atoms with Crippen LogP contribution in [0.4, 0.5) is 4.39 Å². The molecule has 0 spiro atoms. The molecule has 0 aliphatic heterocycles. The van der Waals surface area contributed by atoms with Crippen molar-refractivity contribution in [1.29, 1.82) is 0 Å². The van der Waals surface area contributed by atoms with Crippen molar-refractivity contribution in [3.63, 3.8) is 0 Å². The van der Waals surface area contributed by atoms with E-state index in [9.17, 15) is 9.18 Å². The number of halogens is 1. The van der Waals surface area contributed by atoms with Crippen molar-refractivity contribution in [1.82, 2.24) is 4.98 Å². The van der Waals surface area contributed by atoms with Gasteiger partial charge in [-0.3, -0.25) is 0 Å². The van der Waals surface area contributed by atoms with Crippen LogP contribution in [-0.4, -0.2) is 17.6 Å². The summed E-state index contributed by atoms with van der Waals surface area (Å²) in [7, 11) is 0. The van der Waals surface area contributed by atoms with Crippen LogP contribution in [0.3, 0.4) is 0 Å². The molecule has 0 aromatic carbocycles. The Kier molecular flexibility index (Phi) is 3.49. The number of esters is 1. The van der Waals surface area contributed by atoms with Gasteiger partial charge >= 0.3 is 5.97 Å². The van der Waals surface area contributed by atoms with Gasteiger partial charge < -0.3 is 4.74 Å². The number of carbonyl (C=O) groups excluding carboxylic acids is 1. The minimum Gasteiger partial charge on any atom is -0.462 e. The Bertz CT molecular complexity index is 375. The van der Waals surface area contributed by atoms with E-state index in [4.69, 9.17) is 4.74 Å². The van der Waals surface area contributed by atoms with Crippen LogP contribution in [-0.2, 0) is 4.74 Å². The molecule has 4 heteroatoms. The first-order valence-electron chi connectivity index (χ1n) is 5.55. The SMILES string of the molecule is O=C(OCC1CCCC1)c1cccnc1F. The molecule has 1 aromatic rings. The van der Waals surface area contributed by atoms with Gasteiger partial charge in [0.2, 0.25) is 5.95 Å². The van der Waals surface area contributed by atoms with Crippen molar-refractivity contribution in [3.8, 4) is 0 Å². The highest BCUT2D eigenvalue weighted by Gasteiger charge is 2.19. The molecule has 0 amide bonds. The van der Waals surface area contributed by atoms with Crippen molar-refractivity contribution >= 4 is 5.97 Å². The van der Waals surface area contributed by atoms with Crippen LogP contribution in [0.1, 0.15) is 36.0 Å². The molecule has 0 saturated heterocycles. The molecule has 0 atom stereocenters. The van der Waals surface area contributed by atoms with Crippen LogP contribution < -0.4 is 0 Å². The molecule has 1 saturated carbocycles. The largest absolute Gasteiger partial charge is 0.462 e. The number of pyridine rings is 1. The van der Waals surface area contributed by atoms with E-state index in [1.807, 2.05) is 0 Å². The Morgan fingerprint density at radius 2 is 2.25 bits per heavy atom. The summed E-state index contributed by atoms with van der Waals surface area (Å²) in [4.78, 5) is 14.9. The van der Waals surface area contributed by atoms with Gasteiger partial charge in [-0.1, -0.05) is 12.8 Å². The Morgan fingerprint density at radius 3 is 2.94 bits per heavy atom. The highest BCUT2D eigenvalue weighted by atomic mass is 19.1.